The van der Waals surface area contributed by atoms with E-state index >= 15 is 0 Å². The van der Waals surface area contributed by atoms with Crippen LogP contribution in [0, 0.1) is 0 Å². The van der Waals surface area contributed by atoms with Crippen LogP contribution < -0.4 is 10.6 Å². The number of benzene rings is 1. The molecule has 0 amide bonds. The van der Waals surface area contributed by atoms with Gasteiger partial charge in [0.15, 0.2) is 5.82 Å². The van der Waals surface area contributed by atoms with Crippen molar-refractivity contribution in [3.05, 3.63) is 36.4 Å². The van der Waals surface area contributed by atoms with Gasteiger partial charge < -0.3 is 15.4 Å². The molecule has 1 saturated heterocycles. The lowest BCUT2D eigenvalue weighted by Crippen LogP contribution is -2.19. The van der Waals surface area contributed by atoms with Crippen molar-refractivity contribution in [2.45, 2.75) is 37.8 Å². The van der Waals surface area contributed by atoms with E-state index in [1.165, 1.54) is 12.8 Å². The maximum Gasteiger partial charge on any atom is 0.163 e. The largest absolute Gasteiger partial charge is 0.376 e. The molecule has 4 rings (SSSR count). The van der Waals surface area contributed by atoms with E-state index in [9.17, 15) is 0 Å². The van der Waals surface area contributed by atoms with Crippen LogP contribution in [0.2, 0.25) is 0 Å². The van der Waals surface area contributed by atoms with Gasteiger partial charge in [-0.25, -0.2) is 9.97 Å². The molecule has 0 radical (unpaired) electrons. The van der Waals surface area contributed by atoms with Crippen LogP contribution >= 0.6 is 0 Å². The molecule has 5 heteroatoms. The van der Waals surface area contributed by atoms with Crippen molar-refractivity contribution in [1.29, 1.82) is 0 Å². The summed E-state index contributed by atoms with van der Waals surface area (Å²) >= 11 is 0. The Hall–Kier alpha value is -2.14. The number of nitrogens with zero attached hydrogens (tertiary/aromatic N) is 2. The molecule has 1 aromatic heterocycles. The Balaban J connectivity index is 1.55. The zero-order valence-corrected chi connectivity index (χ0v) is 13.2. The van der Waals surface area contributed by atoms with Crippen LogP contribution in [0.5, 0.6) is 0 Å². The summed E-state index contributed by atoms with van der Waals surface area (Å²) in [7, 11) is 0. The minimum atomic E-state index is 0.296. The van der Waals surface area contributed by atoms with Gasteiger partial charge in [0.05, 0.1) is 6.10 Å². The van der Waals surface area contributed by atoms with E-state index in [4.69, 9.17) is 4.74 Å². The molecule has 1 aromatic carbocycles. The van der Waals surface area contributed by atoms with Gasteiger partial charge in [-0.15, -0.1) is 0 Å². The van der Waals surface area contributed by atoms with Crippen LogP contribution in [0.4, 0.5) is 11.6 Å². The average Bonchev–Trinajstić information content (AvgIpc) is 3.25. The summed E-state index contributed by atoms with van der Waals surface area (Å²) in [6.07, 6.45) is 5.02. The molecule has 2 heterocycles. The number of anilines is 2. The van der Waals surface area contributed by atoms with E-state index in [1.54, 1.807) is 0 Å². The lowest BCUT2D eigenvalue weighted by atomic mass is 10.2. The van der Waals surface area contributed by atoms with Crippen molar-refractivity contribution in [1.82, 2.24) is 9.97 Å². The second-order valence-electron chi connectivity index (χ2n) is 6.26. The highest BCUT2D eigenvalue weighted by atomic mass is 16.5. The van der Waals surface area contributed by atoms with Gasteiger partial charge in [-0.05, 0) is 25.7 Å². The number of ether oxygens (including phenoxy) is 1. The van der Waals surface area contributed by atoms with E-state index in [-0.39, 0.29) is 0 Å². The molecule has 1 atom stereocenters. The summed E-state index contributed by atoms with van der Waals surface area (Å²) < 4.78 is 5.67. The Kier molecular flexibility index (Phi) is 4.11. The zero-order valence-electron chi connectivity index (χ0n) is 13.2. The van der Waals surface area contributed by atoms with Crippen molar-refractivity contribution in [2.75, 3.05) is 23.8 Å². The molecule has 2 N–H and O–H groups in total. The molecule has 0 spiro atoms. The first-order valence-corrected chi connectivity index (χ1v) is 8.43. The second kappa shape index (κ2) is 6.54. The highest BCUT2D eigenvalue weighted by Crippen LogP contribution is 2.26. The van der Waals surface area contributed by atoms with E-state index < -0.39 is 0 Å². The maximum absolute atomic E-state index is 5.67. The molecule has 1 saturated carbocycles. The number of hydrogen-bond acceptors (Lipinski definition) is 5. The second-order valence-corrected chi connectivity index (χ2v) is 6.26. The van der Waals surface area contributed by atoms with Gasteiger partial charge in [0.25, 0.3) is 0 Å². The molecular weight excluding hydrogens is 288 g/mol. The van der Waals surface area contributed by atoms with Crippen LogP contribution in [0.1, 0.15) is 25.7 Å². The van der Waals surface area contributed by atoms with Crippen molar-refractivity contribution >= 4 is 11.6 Å². The van der Waals surface area contributed by atoms with E-state index in [0.29, 0.717) is 12.1 Å². The third kappa shape index (κ3) is 3.79. The normalized spacial score (nSPS) is 20.4. The van der Waals surface area contributed by atoms with Crippen LogP contribution in [0.15, 0.2) is 36.4 Å². The highest BCUT2D eigenvalue weighted by molar-refractivity contribution is 5.61. The van der Waals surface area contributed by atoms with Crippen LogP contribution in [-0.2, 0) is 4.74 Å². The molecule has 0 bridgehead atoms. The quantitative estimate of drug-likeness (QED) is 0.857. The predicted octanol–water partition coefficient (Wildman–Crippen LogP) is 3.31. The van der Waals surface area contributed by atoms with Crippen LogP contribution in [-0.4, -0.2) is 35.3 Å². The maximum atomic E-state index is 5.67. The Morgan fingerprint density at radius 3 is 2.61 bits per heavy atom. The topological polar surface area (TPSA) is 59.1 Å². The molecule has 2 aromatic rings. The molecule has 2 fully saturated rings. The summed E-state index contributed by atoms with van der Waals surface area (Å²) in [6.45, 7) is 1.67. The summed E-state index contributed by atoms with van der Waals surface area (Å²) in [6, 6.07) is 12.7. The van der Waals surface area contributed by atoms with Crippen molar-refractivity contribution in [2.24, 2.45) is 0 Å². The minimum Gasteiger partial charge on any atom is -0.376 e. The van der Waals surface area contributed by atoms with Gasteiger partial charge >= 0.3 is 0 Å². The fourth-order valence-electron chi connectivity index (χ4n) is 2.79. The Morgan fingerprint density at radius 1 is 1.04 bits per heavy atom. The van der Waals surface area contributed by atoms with Gasteiger partial charge in [-0.3, -0.25) is 0 Å². The first kappa shape index (κ1) is 14.5. The number of nitrogens with one attached hydrogen (secondary N) is 2. The average molecular weight is 310 g/mol. The Labute approximate surface area is 136 Å². The number of aromatic nitrogens is 2. The van der Waals surface area contributed by atoms with Gasteiger partial charge in [-0.2, -0.15) is 0 Å². The number of rotatable bonds is 6. The summed E-state index contributed by atoms with van der Waals surface area (Å²) in [5.41, 5.74) is 1.03. The molecular formula is C18H22N4O. The molecule has 1 unspecified atom stereocenters. The fraction of sp³-hybridized carbons (Fsp3) is 0.444. The third-order valence-corrected chi connectivity index (χ3v) is 4.22. The predicted molar refractivity (Wildman–Crippen MR) is 91.6 cm³/mol. The van der Waals surface area contributed by atoms with Gasteiger partial charge in [0, 0.05) is 30.8 Å². The van der Waals surface area contributed by atoms with E-state index in [0.717, 1.165) is 49.0 Å². The molecule has 1 aliphatic carbocycles. The molecule has 23 heavy (non-hydrogen) atoms. The lowest BCUT2D eigenvalue weighted by molar-refractivity contribution is 0.120. The van der Waals surface area contributed by atoms with E-state index in [1.807, 2.05) is 36.4 Å². The Bertz CT molecular complexity index is 651. The summed E-state index contributed by atoms with van der Waals surface area (Å²) in [5, 5.41) is 6.89. The van der Waals surface area contributed by atoms with Crippen molar-refractivity contribution in [3.63, 3.8) is 0 Å². The zero-order chi connectivity index (χ0) is 15.5. The van der Waals surface area contributed by atoms with Gasteiger partial charge in [0.1, 0.15) is 11.6 Å². The van der Waals surface area contributed by atoms with Gasteiger partial charge in [0.2, 0.25) is 0 Å². The third-order valence-electron chi connectivity index (χ3n) is 4.22. The standard InChI is InChI=1S/C18H22N4O/c1-2-5-13(6-3-1)18-21-16(19-12-15-7-4-10-23-15)11-17(22-18)20-14-8-9-14/h1-3,5-6,11,14-15H,4,7-10,12H2,(H2,19,20,21,22). The van der Waals surface area contributed by atoms with Crippen LogP contribution in [0.3, 0.4) is 0 Å². The first-order valence-electron chi connectivity index (χ1n) is 8.43. The fourth-order valence-corrected chi connectivity index (χ4v) is 2.79. The molecule has 5 nitrogen and oxygen atoms in total. The van der Waals surface area contributed by atoms with Crippen molar-refractivity contribution < 1.29 is 4.74 Å². The van der Waals surface area contributed by atoms with E-state index in [2.05, 4.69) is 20.6 Å². The number of hydrogen-bond donors (Lipinski definition) is 2. The van der Waals surface area contributed by atoms with Crippen LogP contribution in [0.25, 0.3) is 11.4 Å². The summed E-state index contributed by atoms with van der Waals surface area (Å²) in [4.78, 5) is 9.34. The first-order chi connectivity index (χ1) is 11.4. The molecule has 120 valence electrons. The SMILES string of the molecule is c1ccc(-c2nc(NCC3CCCO3)cc(NC3CC3)n2)cc1. The monoisotopic (exact) mass is 310 g/mol. The van der Waals surface area contributed by atoms with Gasteiger partial charge in [-0.1, -0.05) is 30.3 Å². The lowest BCUT2D eigenvalue weighted by Gasteiger charge is -2.14. The Morgan fingerprint density at radius 2 is 1.87 bits per heavy atom. The minimum absolute atomic E-state index is 0.296. The molecule has 1 aliphatic heterocycles. The smallest absolute Gasteiger partial charge is 0.163 e. The van der Waals surface area contributed by atoms with Crippen molar-refractivity contribution in [3.8, 4) is 11.4 Å². The summed E-state index contributed by atoms with van der Waals surface area (Å²) in [5.74, 6) is 2.51. The molecule has 2 aliphatic rings. The highest BCUT2D eigenvalue weighted by Gasteiger charge is 2.22.